The number of rotatable bonds is 6. The highest BCUT2D eigenvalue weighted by Gasteiger charge is 2.33. The average Bonchev–Trinajstić information content (AvgIpc) is 3.12. The average molecular weight is 409 g/mol. The number of hydrogen-bond donors (Lipinski definition) is 1. The molecule has 0 aliphatic heterocycles. The lowest BCUT2D eigenvalue weighted by Gasteiger charge is -2.36. The third-order valence-corrected chi connectivity index (χ3v) is 7.57. The van der Waals surface area contributed by atoms with Crippen LogP contribution < -0.4 is 10.2 Å². The number of ether oxygens (including phenoxy) is 1. The Morgan fingerprint density at radius 2 is 2.14 bits per heavy atom. The molecule has 1 aliphatic rings. The Morgan fingerprint density at radius 3 is 2.93 bits per heavy atom. The van der Waals surface area contributed by atoms with E-state index in [4.69, 9.17) is 4.74 Å². The van der Waals surface area contributed by atoms with Gasteiger partial charge in [-0.25, -0.2) is 9.97 Å². The Balaban J connectivity index is 1.65. The highest BCUT2D eigenvalue weighted by atomic mass is 32.1. The van der Waals surface area contributed by atoms with Crippen molar-refractivity contribution in [3.05, 3.63) is 46.6 Å². The Labute approximate surface area is 176 Å². The molecule has 1 N–H and O–H groups in total. The molecular formula is C23H28N4OS. The number of aromatic nitrogens is 2. The topological polar surface area (TPSA) is 59.4 Å². The number of fused-ring (bicyclic) bond motifs is 3. The molecule has 0 fully saturated rings. The van der Waals surface area contributed by atoms with Gasteiger partial charge in [0.2, 0.25) is 0 Å². The molecule has 1 aromatic carbocycles. The van der Waals surface area contributed by atoms with Crippen LogP contribution >= 0.6 is 11.3 Å². The lowest BCUT2D eigenvalue weighted by molar-refractivity contribution is 0.184. The van der Waals surface area contributed by atoms with E-state index in [0.717, 1.165) is 40.2 Å². The molecule has 5 nitrogen and oxygen atoms in total. The SMILES string of the molecule is CCC(C)(C)C1CCc2sc3ncnc(NN=Cc4ccccc4OC)c3c2C1. The molecule has 0 saturated heterocycles. The summed E-state index contributed by atoms with van der Waals surface area (Å²) in [6.45, 7) is 7.08. The van der Waals surface area contributed by atoms with Crippen molar-refractivity contribution in [1.82, 2.24) is 9.97 Å². The number of thiophene rings is 1. The van der Waals surface area contributed by atoms with Crippen molar-refractivity contribution in [2.45, 2.75) is 46.5 Å². The van der Waals surface area contributed by atoms with E-state index in [9.17, 15) is 0 Å². The number of benzene rings is 1. The van der Waals surface area contributed by atoms with Gasteiger partial charge in [-0.2, -0.15) is 5.10 Å². The molecule has 4 rings (SSSR count). The molecule has 0 bridgehead atoms. The summed E-state index contributed by atoms with van der Waals surface area (Å²) in [6.07, 6.45) is 8.07. The van der Waals surface area contributed by atoms with E-state index in [-0.39, 0.29) is 0 Å². The molecule has 152 valence electrons. The summed E-state index contributed by atoms with van der Waals surface area (Å²) in [7, 11) is 1.67. The van der Waals surface area contributed by atoms with Gasteiger partial charge in [-0.3, -0.25) is 5.43 Å². The van der Waals surface area contributed by atoms with E-state index in [1.54, 1.807) is 19.7 Å². The molecule has 1 atom stereocenters. The second-order valence-electron chi connectivity index (χ2n) is 8.30. The Kier molecular flexibility index (Phi) is 5.54. The van der Waals surface area contributed by atoms with Crippen LogP contribution in [0.1, 0.15) is 49.6 Å². The van der Waals surface area contributed by atoms with Crippen molar-refractivity contribution in [3.8, 4) is 5.75 Å². The first-order chi connectivity index (χ1) is 14.0. The Hall–Kier alpha value is -2.47. The van der Waals surface area contributed by atoms with E-state index >= 15 is 0 Å². The lowest BCUT2D eigenvalue weighted by atomic mass is 9.69. The highest BCUT2D eigenvalue weighted by Crippen LogP contribution is 2.45. The highest BCUT2D eigenvalue weighted by molar-refractivity contribution is 7.19. The van der Waals surface area contributed by atoms with E-state index < -0.39 is 0 Å². The maximum absolute atomic E-state index is 5.39. The van der Waals surface area contributed by atoms with Crippen LogP contribution in [-0.4, -0.2) is 23.3 Å². The number of para-hydroxylation sites is 1. The van der Waals surface area contributed by atoms with Crippen LogP contribution in [-0.2, 0) is 12.8 Å². The van der Waals surface area contributed by atoms with Crippen molar-refractivity contribution in [1.29, 1.82) is 0 Å². The number of aryl methyl sites for hydroxylation is 1. The number of nitrogens with zero attached hydrogens (tertiary/aromatic N) is 3. The molecular weight excluding hydrogens is 380 g/mol. The molecule has 2 aromatic heterocycles. The molecule has 29 heavy (non-hydrogen) atoms. The first kappa shape index (κ1) is 19.8. The fraction of sp³-hybridized carbons (Fsp3) is 0.435. The number of hydrogen-bond acceptors (Lipinski definition) is 6. The monoisotopic (exact) mass is 408 g/mol. The van der Waals surface area contributed by atoms with Crippen LogP contribution in [0.25, 0.3) is 10.2 Å². The third kappa shape index (κ3) is 3.86. The van der Waals surface area contributed by atoms with Crippen molar-refractivity contribution >= 4 is 33.6 Å². The lowest BCUT2D eigenvalue weighted by Crippen LogP contribution is -2.28. The van der Waals surface area contributed by atoms with Gasteiger partial charge in [0.05, 0.1) is 18.7 Å². The molecule has 3 aromatic rings. The minimum Gasteiger partial charge on any atom is -0.496 e. The summed E-state index contributed by atoms with van der Waals surface area (Å²) in [5, 5.41) is 5.58. The zero-order valence-electron chi connectivity index (χ0n) is 17.5. The Morgan fingerprint density at radius 1 is 1.31 bits per heavy atom. The van der Waals surface area contributed by atoms with Crippen molar-refractivity contribution in [2.75, 3.05) is 12.5 Å². The standard InChI is InChI=1S/C23H28N4OS/c1-5-23(2,3)16-10-11-19-17(12-16)20-21(24-14-25-22(20)29-19)27-26-13-15-8-6-7-9-18(15)28-4/h6-9,13-14,16H,5,10-12H2,1-4H3,(H,24,25,27). The summed E-state index contributed by atoms with van der Waals surface area (Å²) in [5.41, 5.74) is 5.84. The molecule has 6 heteroatoms. The maximum Gasteiger partial charge on any atom is 0.158 e. The van der Waals surface area contributed by atoms with E-state index in [2.05, 4.69) is 41.3 Å². The first-order valence-electron chi connectivity index (χ1n) is 10.2. The first-order valence-corrected chi connectivity index (χ1v) is 11.0. The van der Waals surface area contributed by atoms with Crippen LogP contribution in [0.15, 0.2) is 35.7 Å². The van der Waals surface area contributed by atoms with E-state index in [1.165, 1.54) is 23.3 Å². The van der Waals surface area contributed by atoms with Crippen LogP contribution in [0.5, 0.6) is 5.75 Å². The smallest absolute Gasteiger partial charge is 0.158 e. The second-order valence-corrected chi connectivity index (χ2v) is 9.38. The fourth-order valence-electron chi connectivity index (χ4n) is 4.08. The molecule has 0 radical (unpaired) electrons. The molecule has 1 unspecified atom stereocenters. The number of methoxy groups -OCH3 is 1. The minimum absolute atomic E-state index is 0.344. The maximum atomic E-state index is 5.39. The second kappa shape index (κ2) is 8.11. The van der Waals surface area contributed by atoms with Crippen molar-refractivity contribution in [2.24, 2.45) is 16.4 Å². The normalized spacial score (nSPS) is 16.9. The fourth-order valence-corrected chi connectivity index (χ4v) is 5.27. The van der Waals surface area contributed by atoms with Gasteiger partial charge in [0.1, 0.15) is 16.9 Å². The minimum atomic E-state index is 0.344. The van der Waals surface area contributed by atoms with Gasteiger partial charge in [0.15, 0.2) is 5.82 Å². The molecule has 1 aliphatic carbocycles. The van der Waals surface area contributed by atoms with Gasteiger partial charge in [0.25, 0.3) is 0 Å². The molecule has 2 heterocycles. The largest absolute Gasteiger partial charge is 0.496 e. The summed E-state index contributed by atoms with van der Waals surface area (Å²) in [5.74, 6) is 2.26. The van der Waals surface area contributed by atoms with E-state index in [0.29, 0.717) is 11.3 Å². The molecule has 0 spiro atoms. The predicted octanol–water partition coefficient (Wildman–Crippen LogP) is 5.69. The van der Waals surface area contributed by atoms with E-state index in [1.807, 2.05) is 35.6 Å². The van der Waals surface area contributed by atoms with Crippen LogP contribution in [0, 0.1) is 11.3 Å². The van der Waals surface area contributed by atoms with Crippen LogP contribution in [0.4, 0.5) is 5.82 Å². The van der Waals surface area contributed by atoms with Gasteiger partial charge in [-0.1, -0.05) is 39.3 Å². The summed E-state index contributed by atoms with van der Waals surface area (Å²) >= 11 is 1.81. The van der Waals surface area contributed by atoms with Gasteiger partial charge in [0, 0.05) is 10.4 Å². The van der Waals surface area contributed by atoms with Gasteiger partial charge < -0.3 is 4.74 Å². The van der Waals surface area contributed by atoms with Crippen molar-refractivity contribution in [3.63, 3.8) is 0 Å². The molecule has 0 saturated carbocycles. The Bertz CT molecular complexity index is 1040. The number of anilines is 1. The zero-order chi connectivity index (χ0) is 20.4. The van der Waals surface area contributed by atoms with Crippen LogP contribution in [0.2, 0.25) is 0 Å². The van der Waals surface area contributed by atoms with Crippen LogP contribution in [0.3, 0.4) is 0 Å². The number of hydrazone groups is 1. The van der Waals surface area contributed by atoms with Gasteiger partial charge >= 0.3 is 0 Å². The third-order valence-electron chi connectivity index (χ3n) is 6.37. The number of nitrogens with one attached hydrogen (secondary N) is 1. The van der Waals surface area contributed by atoms with Crippen molar-refractivity contribution < 1.29 is 4.74 Å². The molecule has 0 amide bonds. The quantitative estimate of drug-likeness (QED) is 0.421. The summed E-state index contributed by atoms with van der Waals surface area (Å²) in [4.78, 5) is 11.6. The predicted molar refractivity (Wildman–Crippen MR) is 121 cm³/mol. The van der Waals surface area contributed by atoms with Gasteiger partial charge in [-0.05, 0) is 48.3 Å². The summed E-state index contributed by atoms with van der Waals surface area (Å²) in [6, 6.07) is 7.82. The summed E-state index contributed by atoms with van der Waals surface area (Å²) < 4.78 is 5.39. The zero-order valence-corrected chi connectivity index (χ0v) is 18.3. The van der Waals surface area contributed by atoms with Gasteiger partial charge in [-0.15, -0.1) is 11.3 Å².